The number of para-hydroxylation sites is 2. The second-order valence-corrected chi connectivity index (χ2v) is 16.6. The maximum absolute atomic E-state index is 6.93. The normalized spacial score (nSPS) is 12.4. The van der Waals surface area contributed by atoms with Gasteiger partial charge in [-0.05, 0) is 97.3 Å². The van der Waals surface area contributed by atoms with Crippen LogP contribution < -0.4 is 13.9 Å². The number of hydrogen-bond acceptors (Lipinski definition) is 2. The third kappa shape index (κ3) is 6.31. The minimum absolute atomic E-state index is 0.171. The summed E-state index contributed by atoms with van der Waals surface area (Å²) in [5, 5.41) is 4.64. The predicted octanol–water partition coefficient (Wildman–Crippen LogP) is 14.6. The van der Waals surface area contributed by atoms with Crippen molar-refractivity contribution in [3.63, 3.8) is 0 Å². The van der Waals surface area contributed by atoms with Crippen molar-refractivity contribution in [1.29, 1.82) is 0 Å². The van der Waals surface area contributed by atoms with Crippen molar-refractivity contribution in [3.8, 4) is 39.6 Å². The molecular weight excluding hydrogens is 745 g/mol. The Morgan fingerprint density at radius 1 is 0.508 bits per heavy atom. The van der Waals surface area contributed by atoms with E-state index in [2.05, 4.69) is 216 Å². The molecular formula is C56H42N4O+2. The van der Waals surface area contributed by atoms with Crippen LogP contribution in [0.4, 0.5) is 22.7 Å². The smallest absolute Gasteiger partial charge is 0.457 e. The lowest BCUT2D eigenvalue weighted by Gasteiger charge is -2.20. The predicted molar refractivity (Wildman–Crippen MR) is 253 cm³/mol. The second kappa shape index (κ2) is 14.5. The van der Waals surface area contributed by atoms with E-state index in [1.165, 1.54) is 10.8 Å². The number of benzene rings is 8. The molecule has 290 valence electrons. The van der Waals surface area contributed by atoms with Gasteiger partial charge in [0.05, 0.1) is 33.6 Å². The molecule has 0 radical (unpaired) electrons. The standard InChI is InChI=1S/C56H42N4O/c1-56(2,3)41-33-42(35-44(34-41)61-43-29-30-49-48-23-12-13-26-50(48)60(52(49)36-43)53-27-14-15-32-57-53)58-37-59(55-47-22-11-10-21-40(47)28-31-51(55)58)54-45(38-17-6-4-7-18-38)24-16-25-46(54)39-19-8-5-9-20-39/h4-36H,1-3H3/q+2. The highest BCUT2D eigenvalue weighted by Gasteiger charge is 2.41. The Morgan fingerprint density at radius 2 is 1.18 bits per heavy atom. The van der Waals surface area contributed by atoms with Crippen molar-refractivity contribution < 1.29 is 4.74 Å². The lowest BCUT2D eigenvalue weighted by atomic mass is 9.86. The van der Waals surface area contributed by atoms with Gasteiger partial charge in [0, 0.05) is 35.2 Å². The summed E-state index contributed by atoms with van der Waals surface area (Å²) in [5.74, 6) is 2.36. The number of ether oxygens (including phenoxy) is 1. The fraction of sp³-hybridized carbons (Fsp3) is 0.0714. The van der Waals surface area contributed by atoms with Gasteiger partial charge in [-0.2, -0.15) is 0 Å². The van der Waals surface area contributed by atoms with Crippen molar-refractivity contribution in [2.75, 3.05) is 0 Å². The Kier molecular flexibility index (Phi) is 8.59. The van der Waals surface area contributed by atoms with Crippen molar-refractivity contribution in [1.82, 2.24) is 18.7 Å². The summed E-state index contributed by atoms with van der Waals surface area (Å²) in [6, 6.07) is 72.5. The summed E-state index contributed by atoms with van der Waals surface area (Å²) in [7, 11) is 0. The van der Waals surface area contributed by atoms with Crippen LogP contribution in [-0.2, 0) is 5.41 Å². The van der Waals surface area contributed by atoms with Crippen molar-refractivity contribution in [3.05, 3.63) is 206 Å². The van der Waals surface area contributed by atoms with E-state index in [1.54, 1.807) is 0 Å². The molecule has 0 aliphatic carbocycles. The molecule has 2 aromatic heterocycles. The summed E-state index contributed by atoms with van der Waals surface area (Å²) < 4.78 is 13.6. The number of rotatable bonds is 7. The van der Waals surface area contributed by atoms with E-state index in [0.29, 0.717) is 0 Å². The fourth-order valence-corrected chi connectivity index (χ4v) is 8.79. The van der Waals surface area contributed by atoms with Crippen LogP contribution in [0.3, 0.4) is 0 Å². The van der Waals surface area contributed by atoms with Gasteiger partial charge in [0.25, 0.3) is 5.69 Å². The highest BCUT2D eigenvalue weighted by Crippen LogP contribution is 2.48. The van der Waals surface area contributed by atoms with E-state index in [0.717, 1.165) is 89.7 Å². The first kappa shape index (κ1) is 36.2. The van der Waals surface area contributed by atoms with Crippen molar-refractivity contribution in [2.45, 2.75) is 26.2 Å². The highest BCUT2D eigenvalue weighted by atomic mass is 16.5. The van der Waals surface area contributed by atoms with Gasteiger partial charge in [-0.3, -0.25) is 4.57 Å². The van der Waals surface area contributed by atoms with E-state index in [9.17, 15) is 0 Å². The maximum atomic E-state index is 6.93. The molecule has 1 aliphatic heterocycles. The molecule has 1 aliphatic rings. The average molecular weight is 787 g/mol. The van der Waals surface area contributed by atoms with Crippen LogP contribution in [0.1, 0.15) is 26.3 Å². The Labute approximate surface area is 355 Å². The molecule has 0 fully saturated rings. The zero-order chi connectivity index (χ0) is 41.1. The summed E-state index contributed by atoms with van der Waals surface area (Å²) in [6.07, 6.45) is 1.84. The zero-order valence-electron chi connectivity index (χ0n) is 34.2. The first-order valence-electron chi connectivity index (χ1n) is 20.8. The number of fused-ring (bicyclic) bond motifs is 6. The molecule has 0 saturated carbocycles. The minimum atomic E-state index is -0.171. The Bertz CT molecular complexity index is 3330. The van der Waals surface area contributed by atoms with Gasteiger partial charge in [-0.25, -0.2) is 4.98 Å². The van der Waals surface area contributed by atoms with Crippen LogP contribution in [0.15, 0.2) is 200 Å². The topological polar surface area (TPSA) is 33.1 Å². The van der Waals surface area contributed by atoms with Crippen LogP contribution in [0.25, 0.3) is 60.6 Å². The van der Waals surface area contributed by atoms with Gasteiger partial charge in [0.15, 0.2) is 0 Å². The molecule has 0 unspecified atom stereocenters. The second-order valence-electron chi connectivity index (χ2n) is 16.6. The van der Waals surface area contributed by atoms with Crippen LogP contribution in [0.2, 0.25) is 0 Å². The van der Waals surface area contributed by atoms with E-state index in [1.807, 2.05) is 24.4 Å². The van der Waals surface area contributed by atoms with E-state index < -0.39 is 0 Å². The van der Waals surface area contributed by atoms with E-state index >= 15 is 0 Å². The van der Waals surface area contributed by atoms with Crippen LogP contribution in [-0.4, -0.2) is 15.6 Å². The van der Waals surface area contributed by atoms with E-state index in [4.69, 9.17) is 9.72 Å². The lowest BCUT2D eigenvalue weighted by Crippen LogP contribution is -2.12. The highest BCUT2D eigenvalue weighted by molar-refractivity contribution is 6.10. The monoisotopic (exact) mass is 786 g/mol. The van der Waals surface area contributed by atoms with Gasteiger partial charge in [-0.15, -0.1) is 0 Å². The summed E-state index contributed by atoms with van der Waals surface area (Å²) >= 11 is 0. The number of aromatic nitrogens is 2. The van der Waals surface area contributed by atoms with Gasteiger partial charge >= 0.3 is 11.7 Å². The summed E-state index contributed by atoms with van der Waals surface area (Å²) in [5.41, 5.74) is 11.8. The molecule has 5 heteroatoms. The third-order valence-corrected chi connectivity index (χ3v) is 11.7. The Morgan fingerprint density at radius 3 is 1.90 bits per heavy atom. The van der Waals surface area contributed by atoms with Gasteiger partial charge in [0.1, 0.15) is 17.3 Å². The largest absolute Gasteiger partial charge is 0.503 e. The van der Waals surface area contributed by atoms with Crippen LogP contribution in [0.5, 0.6) is 11.5 Å². The molecule has 0 saturated heterocycles. The molecule has 61 heavy (non-hydrogen) atoms. The SMILES string of the molecule is CC(C)(C)c1cc(Oc2ccc3c4ccccc4n(-c4ccccn4)c3c2)cc([N+]2=C=[N+](c3c(-c4ccccc4)cccc3-c3ccccc3)c3c2ccc2ccccc32)c1. The molecule has 0 amide bonds. The van der Waals surface area contributed by atoms with Crippen LogP contribution >= 0.6 is 0 Å². The molecule has 0 spiro atoms. The van der Waals surface area contributed by atoms with Gasteiger partial charge < -0.3 is 4.74 Å². The third-order valence-electron chi connectivity index (χ3n) is 11.7. The molecule has 8 aromatic carbocycles. The molecule has 5 nitrogen and oxygen atoms in total. The number of nitrogens with zero attached hydrogens (tertiary/aromatic N) is 4. The number of hydrogen-bond donors (Lipinski definition) is 0. The molecule has 10 aromatic rings. The quantitative estimate of drug-likeness (QED) is 0.151. The molecule has 11 rings (SSSR count). The number of pyridine rings is 1. The molecule has 0 N–H and O–H groups in total. The van der Waals surface area contributed by atoms with E-state index in [-0.39, 0.29) is 5.41 Å². The van der Waals surface area contributed by atoms with Crippen molar-refractivity contribution >= 4 is 61.3 Å². The zero-order valence-corrected chi connectivity index (χ0v) is 34.2. The first-order valence-corrected chi connectivity index (χ1v) is 20.8. The average Bonchev–Trinajstić information content (AvgIpc) is 3.85. The molecule has 0 bridgehead atoms. The Hall–Kier alpha value is -7.85. The van der Waals surface area contributed by atoms with Gasteiger partial charge in [-0.1, -0.05) is 130 Å². The lowest BCUT2D eigenvalue weighted by molar-refractivity contribution is 0.479. The van der Waals surface area contributed by atoms with Crippen LogP contribution in [0, 0.1) is 0 Å². The molecule has 0 atom stereocenters. The Balaban J connectivity index is 1.14. The fourth-order valence-electron chi connectivity index (χ4n) is 8.79. The maximum Gasteiger partial charge on any atom is 0.503 e. The summed E-state index contributed by atoms with van der Waals surface area (Å²) in [6.45, 7) is 6.75. The molecule has 3 heterocycles. The van der Waals surface area contributed by atoms with Crippen molar-refractivity contribution in [2.24, 2.45) is 0 Å². The van der Waals surface area contributed by atoms with Gasteiger partial charge in [0.2, 0.25) is 11.4 Å². The summed E-state index contributed by atoms with van der Waals surface area (Å²) in [4.78, 5) is 4.75. The first-order chi connectivity index (χ1) is 29.9. The minimum Gasteiger partial charge on any atom is -0.457 e.